The van der Waals surface area contributed by atoms with E-state index in [2.05, 4.69) is 41.2 Å². The van der Waals surface area contributed by atoms with E-state index in [4.69, 9.17) is 7.85 Å². The van der Waals surface area contributed by atoms with Crippen molar-refractivity contribution >= 4 is 42.5 Å². The van der Waals surface area contributed by atoms with Crippen LogP contribution in [0.15, 0.2) is 43.0 Å². The van der Waals surface area contributed by atoms with E-state index in [1.807, 2.05) is 12.1 Å². The molecule has 3 aromatic rings. The molecule has 9 nitrogen and oxygen atoms in total. The molecule has 0 fully saturated rings. The highest BCUT2D eigenvalue weighted by molar-refractivity contribution is 6.35. The van der Waals surface area contributed by atoms with Crippen molar-refractivity contribution in [2.24, 2.45) is 0 Å². The summed E-state index contributed by atoms with van der Waals surface area (Å²) in [6.07, 6.45) is 5.72. The van der Waals surface area contributed by atoms with Gasteiger partial charge in [0.2, 0.25) is 5.95 Å². The maximum atomic E-state index is 11.4. The fourth-order valence-corrected chi connectivity index (χ4v) is 2.33. The molecule has 0 saturated carbocycles. The van der Waals surface area contributed by atoms with Gasteiger partial charge in [0.1, 0.15) is 13.7 Å². The van der Waals surface area contributed by atoms with Crippen molar-refractivity contribution in [2.75, 3.05) is 29.5 Å². The zero-order valence-electron chi connectivity index (χ0n) is 14.8. The molecule has 5 N–H and O–H groups in total. The van der Waals surface area contributed by atoms with Gasteiger partial charge < -0.3 is 26.3 Å². The Morgan fingerprint density at radius 2 is 2.11 bits per heavy atom. The number of H-pyrrole nitrogens is 1. The number of nitrogens with zero attached hydrogens (tertiary/aromatic N) is 3. The standard InChI is InChI=1S/C17H19BN8O/c1-19-17(27)25-12-4-2-3-11(7-12)24-16-22-9-14(18)15(26-16)21-6-5-13-8-20-10-23-13/h2-4,7-10H,5-6H2,1H3,(H,20,23)(H2,19,25,27)(H2,21,22,24,26). The molecule has 136 valence electrons. The molecule has 0 spiro atoms. The summed E-state index contributed by atoms with van der Waals surface area (Å²) in [5.74, 6) is 0.942. The Morgan fingerprint density at radius 3 is 2.89 bits per heavy atom. The molecule has 0 bridgehead atoms. The fraction of sp³-hybridized carbons (Fsp3) is 0.176. The lowest BCUT2D eigenvalue weighted by Crippen LogP contribution is -2.24. The van der Waals surface area contributed by atoms with Crippen LogP contribution in [0.25, 0.3) is 0 Å². The molecule has 2 heterocycles. The Hall–Kier alpha value is -3.56. The van der Waals surface area contributed by atoms with Crippen molar-refractivity contribution in [1.29, 1.82) is 0 Å². The number of carbonyl (C=O) groups is 1. The first-order valence-electron chi connectivity index (χ1n) is 8.33. The lowest BCUT2D eigenvalue weighted by atomic mass is 9.99. The largest absolute Gasteiger partial charge is 0.370 e. The molecule has 10 heteroatoms. The number of anilines is 4. The quantitative estimate of drug-likeness (QED) is 0.402. The summed E-state index contributed by atoms with van der Waals surface area (Å²) >= 11 is 0. The predicted molar refractivity (Wildman–Crippen MR) is 106 cm³/mol. The van der Waals surface area contributed by atoms with Crippen LogP contribution in [-0.4, -0.2) is 47.4 Å². The Kier molecular flexibility index (Phi) is 5.88. The first-order chi connectivity index (χ1) is 13.1. The van der Waals surface area contributed by atoms with E-state index in [9.17, 15) is 4.79 Å². The molecular formula is C17H19BN8O. The number of amides is 2. The number of aromatic nitrogens is 4. The molecule has 0 aliphatic carbocycles. The van der Waals surface area contributed by atoms with Crippen molar-refractivity contribution < 1.29 is 4.79 Å². The second-order valence-corrected chi connectivity index (χ2v) is 5.66. The van der Waals surface area contributed by atoms with E-state index in [0.29, 0.717) is 29.5 Å². The van der Waals surface area contributed by atoms with E-state index in [1.54, 1.807) is 37.9 Å². The van der Waals surface area contributed by atoms with Crippen molar-refractivity contribution in [2.45, 2.75) is 6.42 Å². The number of benzene rings is 1. The van der Waals surface area contributed by atoms with Gasteiger partial charge in [-0.2, -0.15) is 4.98 Å². The molecule has 0 aliphatic rings. The van der Waals surface area contributed by atoms with E-state index in [-0.39, 0.29) is 6.03 Å². The monoisotopic (exact) mass is 362 g/mol. The SMILES string of the molecule is [B]c1cnc(Nc2cccc(NC(=O)NC)c2)nc1NCCc1cnc[nH]1. The Morgan fingerprint density at radius 1 is 1.26 bits per heavy atom. The Bertz CT molecular complexity index is 900. The summed E-state index contributed by atoms with van der Waals surface area (Å²) in [4.78, 5) is 27.1. The molecule has 0 unspecified atom stereocenters. The van der Waals surface area contributed by atoms with Gasteiger partial charge in [-0.25, -0.2) is 14.8 Å². The van der Waals surface area contributed by atoms with Crippen LogP contribution in [0.4, 0.5) is 27.9 Å². The molecule has 0 aliphatic heterocycles. The predicted octanol–water partition coefficient (Wildman–Crippen LogP) is 1.14. The van der Waals surface area contributed by atoms with Gasteiger partial charge in [0, 0.05) is 49.5 Å². The van der Waals surface area contributed by atoms with Crippen LogP contribution < -0.4 is 26.7 Å². The summed E-state index contributed by atoms with van der Waals surface area (Å²) in [6.45, 7) is 0.647. The van der Waals surface area contributed by atoms with Crippen LogP contribution in [0.5, 0.6) is 0 Å². The number of nitrogens with one attached hydrogen (secondary N) is 5. The van der Waals surface area contributed by atoms with Crippen LogP contribution >= 0.6 is 0 Å². The number of urea groups is 1. The van der Waals surface area contributed by atoms with Gasteiger partial charge in [-0.3, -0.25) is 0 Å². The lowest BCUT2D eigenvalue weighted by molar-refractivity contribution is 0.254. The van der Waals surface area contributed by atoms with Crippen molar-refractivity contribution in [3.8, 4) is 0 Å². The van der Waals surface area contributed by atoms with Crippen molar-refractivity contribution in [1.82, 2.24) is 25.3 Å². The highest BCUT2D eigenvalue weighted by Gasteiger charge is 2.05. The summed E-state index contributed by atoms with van der Waals surface area (Å²) < 4.78 is 0. The van der Waals surface area contributed by atoms with Crippen LogP contribution in [0.1, 0.15) is 5.69 Å². The van der Waals surface area contributed by atoms with Gasteiger partial charge in [0.25, 0.3) is 0 Å². The molecule has 2 amide bonds. The van der Waals surface area contributed by atoms with Gasteiger partial charge >= 0.3 is 6.03 Å². The molecule has 3 rings (SSSR count). The molecule has 27 heavy (non-hydrogen) atoms. The van der Waals surface area contributed by atoms with Gasteiger partial charge in [-0.05, 0) is 23.7 Å². The Balaban J connectivity index is 1.65. The second-order valence-electron chi connectivity index (χ2n) is 5.66. The van der Waals surface area contributed by atoms with Crippen LogP contribution in [0, 0.1) is 0 Å². The average molecular weight is 362 g/mol. The molecule has 0 atom stereocenters. The molecule has 2 aromatic heterocycles. The normalized spacial score (nSPS) is 10.3. The number of imidazole rings is 1. The lowest BCUT2D eigenvalue weighted by Gasteiger charge is -2.12. The number of hydrogen-bond donors (Lipinski definition) is 5. The molecule has 1 aromatic carbocycles. The molecule has 0 saturated heterocycles. The van der Waals surface area contributed by atoms with Crippen molar-refractivity contribution in [3.63, 3.8) is 0 Å². The van der Waals surface area contributed by atoms with Crippen LogP contribution in [0.2, 0.25) is 0 Å². The van der Waals surface area contributed by atoms with Crippen LogP contribution in [-0.2, 0) is 6.42 Å². The average Bonchev–Trinajstić information content (AvgIpc) is 3.18. The topological polar surface area (TPSA) is 120 Å². The first-order valence-corrected chi connectivity index (χ1v) is 8.33. The maximum Gasteiger partial charge on any atom is 0.318 e. The van der Waals surface area contributed by atoms with Gasteiger partial charge in [0.05, 0.1) is 6.33 Å². The Labute approximate surface area is 157 Å². The van der Waals surface area contributed by atoms with Gasteiger partial charge in [0.15, 0.2) is 0 Å². The third-order valence-electron chi connectivity index (χ3n) is 3.66. The second kappa shape index (κ2) is 8.70. The van der Waals surface area contributed by atoms with E-state index in [0.717, 1.165) is 17.8 Å². The maximum absolute atomic E-state index is 11.4. The smallest absolute Gasteiger partial charge is 0.318 e. The number of aromatic amines is 1. The third kappa shape index (κ3) is 5.21. The number of hydrogen-bond acceptors (Lipinski definition) is 6. The van der Waals surface area contributed by atoms with E-state index >= 15 is 0 Å². The highest BCUT2D eigenvalue weighted by Crippen LogP contribution is 2.18. The van der Waals surface area contributed by atoms with Crippen LogP contribution in [0.3, 0.4) is 0 Å². The summed E-state index contributed by atoms with van der Waals surface area (Å²) in [5.41, 5.74) is 2.86. The number of rotatable bonds is 7. The van der Waals surface area contributed by atoms with E-state index in [1.165, 1.54) is 0 Å². The summed E-state index contributed by atoms with van der Waals surface area (Å²) in [7, 11) is 7.50. The minimum Gasteiger partial charge on any atom is -0.370 e. The fourth-order valence-electron chi connectivity index (χ4n) is 2.33. The highest BCUT2D eigenvalue weighted by atomic mass is 16.2. The van der Waals surface area contributed by atoms with Gasteiger partial charge in [-0.1, -0.05) is 6.07 Å². The van der Waals surface area contributed by atoms with Gasteiger partial charge in [-0.15, -0.1) is 0 Å². The molecule has 2 radical (unpaired) electrons. The third-order valence-corrected chi connectivity index (χ3v) is 3.66. The zero-order valence-corrected chi connectivity index (χ0v) is 14.8. The minimum atomic E-state index is -0.292. The minimum absolute atomic E-state index is 0.292. The van der Waals surface area contributed by atoms with Crippen molar-refractivity contribution in [3.05, 3.63) is 48.7 Å². The summed E-state index contributed by atoms with van der Waals surface area (Å²) in [5, 5.41) is 11.5. The number of carbonyl (C=O) groups excluding carboxylic acids is 1. The van der Waals surface area contributed by atoms with E-state index < -0.39 is 0 Å². The zero-order chi connectivity index (χ0) is 19.1. The summed E-state index contributed by atoms with van der Waals surface area (Å²) in [6, 6.07) is 6.93. The molecular weight excluding hydrogens is 343 g/mol. The first kappa shape index (κ1) is 18.2.